The summed E-state index contributed by atoms with van der Waals surface area (Å²) in [5, 5.41) is 0. The first-order valence-electron chi connectivity index (χ1n) is 7.20. The fraction of sp³-hybridized carbons (Fsp3) is 0.412. The Kier molecular flexibility index (Phi) is 4.08. The molecule has 1 saturated heterocycles. The number of para-hydroxylation sites is 1. The van der Waals surface area contributed by atoms with Gasteiger partial charge in [0.1, 0.15) is 5.75 Å². The molecule has 0 radical (unpaired) electrons. The summed E-state index contributed by atoms with van der Waals surface area (Å²) >= 11 is 1.91. The van der Waals surface area contributed by atoms with Crippen molar-refractivity contribution in [3.63, 3.8) is 0 Å². The molecular weight excluding hydrogens is 266 g/mol. The Labute approximate surface area is 125 Å². The molecule has 2 nitrogen and oxygen atoms in total. The number of hydrogen-bond donors (Lipinski definition) is 0. The van der Waals surface area contributed by atoms with E-state index in [2.05, 4.69) is 42.2 Å². The van der Waals surface area contributed by atoms with E-state index in [0.29, 0.717) is 6.04 Å². The third-order valence-electron chi connectivity index (χ3n) is 4.02. The fourth-order valence-electron chi connectivity index (χ4n) is 3.08. The quantitative estimate of drug-likeness (QED) is 0.826. The minimum atomic E-state index is 0.494. The second kappa shape index (κ2) is 5.98. The third-order valence-corrected chi connectivity index (χ3v) is 5.00. The van der Waals surface area contributed by atoms with Crippen LogP contribution in [0.15, 0.2) is 36.4 Å². The first-order chi connectivity index (χ1) is 9.78. The lowest BCUT2D eigenvalue weighted by Crippen LogP contribution is -2.22. The molecule has 106 valence electrons. The molecule has 3 rings (SSSR count). The van der Waals surface area contributed by atoms with Crippen LogP contribution in [-0.2, 0) is 6.54 Å². The van der Waals surface area contributed by atoms with Crippen molar-refractivity contribution >= 4 is 11.3 Å². The third kappa shape index (κ3) is 2.74. The normalized spacial score (nSPS) is 19.4. The van der Waals surface area contributed by atoms with Gasteiger partial charge in [-0.25, -0.2) is 0 Å². The fourth-order valence-corrected chi connectivity index (χ4v) is 4.00. The van der Waals surface area contributed by atoms with E-state index in [0.717, 1.165) is 12.3 Å². The van der Waals surface area contributed by atoms with Crippen LogP contribution in [0, 0.1) is 6.92 Å². The van der Waals surface area contributed by atoms with Gasteiger partial charge < -0.3 is 4.74 Å². The first kappa shape index (κ1) is 13.7. The maximum atomic E-state index is 5.54. The molecule has 2 heterocycles. The van der Waals surface area contributed by atoms with Crippen LogP contribution in [0.4, 0.5) is 0 Å². The topological polar surface area (TPSA) is 12.5 Å². The molecule has 0 unspecified atom stereocenters. The molecule has 0 N–H and O–H groups in total. The van der Waals surface area contributed by atoms with Gasteiger partial charge in [-0.1, -0.05) is 18.2 Å². The van der Waals surface area contributed by atoms with Crippen LogP contribution < -0.4 is 4.74 Å². The molecule has 1 atom stereocenters. The summed E-state index contributed by atoms with van der Waals surface area (Å²) in [6, 6.07) is 13.4. The van der Waals surface area contributed by atoms with Gasteiger partial charge in [0.2, 0.25) is 0 Å². The van der Waals surface area contributed by atoms with Crippen molar-refractivity contribution in [3.05, 3.63) is 51.7 Å². The van der Waals surface area contributed by atoms with Crippen LogP contribution >= 0.6 is 11.3 Å². The highest BCUT2D eigenvalue weighted by Crippen LogP contribution is 2.38. The van der Waals surface area contributed by atoms with E-state index in [1.54, 1.807) is 7.11 Å². The van der Waals surface area contributed by atoms with Gasteiger partial charge in [-0.05, 0) is 44.5 Å². The number of thiophene rings is 1. The lowest BCUT2D eigenvalue weighted by atomic mass is 10.0. The van der Waals surface area contributed by atoms with E-state index in [1.165, 1.54) is 34.7 Å². The Morgan fingerprint density at radius 2 is 2.10 bits per heavy atom. The van der Waals surface area contributed by atoms with Gasteiger partial charge in [0, 0.05) is 27.9 Å². The molecule has 20 heavy (non-hydrogen) atoms. The lowest BCUT2D eigenvalue weighted by Gasteiger charge is -2.25. The number of likely N-dealkylation sites (tertiary alicyclic amines) is 1. The summed E-state index contributed by atoms with van der Waals surface area (Å²) in [7, 11) is 1.76. The molecule has 0 aliphatic carbocycles. The number of nitrogens with zero attached hydrogens (tertiary/aromatic N) is 1. The summed E-state index contributed by atoms with van der Waals surface area (Å²) in [6.07, 6.45) is 2.50. The number of aryl methyl sites for hydroxylation is 1. The van der Waals surface area contributed by atoms with E-state index in [9.17, 15) is 0 Å². The van der Waals surface area contributed by atoms with Crippen LogP contribution in [0.5, 0.6) is 5.75 Å². The smallest absolute Gasteiger partial charge is 0.123 e. The molecule has 1 aliphatic rings. The zero-order valence-electron chi connectivity index (χ0n) is 12.1. The number of methoxy groups -OCH3 is 1. The van der Waals surface area contributed by atoms with Gasteiger partial charge in [0.15, 0.2) is 0 Å². The highest BCUT2D eigenvalue weighted by molar-refractivity contribution is 7.11. The predicted octanol–water partition coefficient (Wildman–Crippen LogP) is 4.40. The molecule has 0 spiro atoms. The monoisotopic (exact) mass is 287 g/mol. The van der Waals surface area contributed by atoms with Crippen molar-refractivity contribution in [3.8, 4) is 5.75 Å². The number of rotatable bonds is 4. The standard InChI is InChI=1S/C17H21NOS/c1-13-9-10-14(20-13)12-18-11-5-7-16(18)15-6-3-4-8-17(15)19-2/h3-4,6,8-10,16H,5,7,11-12H2,1-2H3/t16-/m0/s1. The maximum absolute atomic E-state index is 5.54. The Bertz CT molecular complexity index is 578. The maximum Gasteiger partial charge on any atom is 0.123 e. The van der Waals surface area contributed by atoms with Gasteiger partial charge >= 0.3 is 0 Å². The van der Waals surface area contributed by atoms with E-state index < -0.39 is 0 Å². The van der Waals surface area contributed by atoms with Gasteiger partial charge in [0.05, 0.1) is 7.11 Å². The highest BCUT2D eigenvalue weighted by atomic mass is 32.1. The molecule has 3 heteroatoms. The minimum Gasteiger partial charge on any atom is -0.496 e. The zero-order chi connectivity index (χ0) is 13.9. The van der Waals surface area contributed by atoms with Crippen LogP contribution in [0.2, 0.25) is 0 Å². The number of ether oxygens (including phenoxy) is 1. The van der Waals surface area contributed by atoms with Crippen molar-refractivity contribution in [2.24, 2.45) is 0 Å². The Hall–Kier alpha value is -1.32. The molecule has 1 aromatic carbocycles. The molecule has 0 saturated carbocycles. The second-order valence-electron chi connectivity index (χ2n) is 5.38. The Morgan fingerprint density at radius 3 is 2.85 bits per heavy atom. The van der Waals surface area contributed by atoms with E-state index in [4.69, 9.17) is 4.74 Å². The molecule has 0 bridgehead atoms. The summed E-state index contributed by atoms with van der Waals surface area (Å²) in [5.74, 6) is 1.02. The van der Waals surface area contributed by atoms with E-state index >= 15 is 0 Å². The van der Waals surface area contributed by atoms with Crippen LogP contribution in [0.1, 0.15) is 34.2 Å². The van der Waals surface area contributed by atoms with Gasteiger partial charge in [0.25, 0.3) is 0 Å². The van der Waals surface area contributed by atoms with E-state index in [-0.39, 0.29) is 0 Å². The van der Waals surface area contributed by atoms with E-state index in [1.807, 2.05) is 17.4 Å². The second-order valence-corrected chi connectivity index (χ2v) is 6.76. The van der Waals surface area contributed by atoms with Gasteiger partial charge in [-0.3, -0.25) is 4.90 Å². The molecule has 1 fully saturated rings. The summed E-state index contributed by atoms with van der Waals surface area (Å²) in [6.45, 7) is 4.41. The zero-order valence-corrected chi connectivity index (χ0v) is 13.0. The number of benzene rings is 1. The average Bonchev–Trinajstić information content (AvgIpc) is 3.08. The van der Waals surface area contributed by atoms with Gasteiger partial charge in [-0.2, -0.15) is 0 Å². The Morgan fingerprint density at radius 1 is 1.25 bits per heavy atom. The molecule has 1 aromatic heterocycles. The molecular formula is C17H21NOS. The predicted molar refractivity (Wildman–Crippen MR) is 84.4 cm³/mol. The van der Waals surface area contributed by atoms with Crippen molar-refractivity contribution in [2.75, 3.05) is 13.7 Å². The summed E-state index contributed by atoms with van der Waals surface area (Å²) < 4.78 is 5.54. The molecule has 1 aliphatic heterocycles. The Balaban J connectivity index is 1.81. The van der Waals surface area contributed by atoms with Crippen LogP contribution in [-0.4, -0.2) is 18.6 Å². The highest BCUT2D eigenvalue weighted by Gasteiger charge is 2.28. The lowest BCUT2D eigenvalue weighted by molar-refractivity contribution is 0.245. The van der Waals surface area contributed by atoms with Crippen LogP contribution in [0.3, 0.4) is 0 Å². The summed E-state index contributed by atoms with van der Waals surface area (Å²) in [4.78, 5) is 5.45. The molecule has 0 amide bonds. The van der Waals surface area contributed by atoms with Crippen molar-refractivity contribution in [1.29, 1.82) is 0 Å². The van der Waals surface area contributed by atoms with Crippen molar-refractivity contribution < 1.29 is 4.74 Å². The largest absolute Gasteiger partial charge is 0.496 e. The van der Waals surface area contributed by atoms with Crippen LogP contribution in [0.25, 0.3) is 0 Å². The van der Waals surface area contributed by atoms with Crippen molar-refractivity contribution in [1.82, 2.24) is 4.90 Å². The SMILES string of the molecule is COc1ccccc1[C@@H]1CCCN1Cc1ccc(C)s1. The average molecular weight is 287 g/mol. The number of hydrogen-bond acceptors (Lipinski definition) is 3. The first-order valence-corrected chi connectivity index (χ1v) is 8.02. The molecule has 2 aromatic rings. The van der Waals surface area contributed by atoms with Crippen molar-refractivity contribution in [2.45, 2.75) is 32.4 Å². The van der Waals surface area contributed by atoms with Gasteiger partial charge in [-0.15, -0.1) is 11.3 Å². The minimum absolute atomic E-state index is 0.494. The summed E-state index contributed by atoms with van der Waals surface area (Å²) in [5.41, 5.74) is 1.33.